The molecule has 1 saturated heterocycles. The zero-order valence-corrected chi connectivity index (χ0v) is 10.7. The summed E-state index contributed by atoms with van der Waals surface area (Å²) in [5, 5.41) is 4.32. The minimum absolute atomic E-state index is 0.0501. The SMILES string of the molecule is CC1NC(C)(C)COC1c1cccc(Cl)c1. The van der Waals surface area contributed by atoms with E-state index in [2.05, 4.69) is 32.2 Å². The van der Waals surface area contributed by atoms with Crippen molar-refractivity contribution in [2.75, 3.05) is 6.61 Å². The van der Waals surface area contributed by atoms with Gasteiger partial charge in [-0.05, 0) is 38.5 Å². The fraction of sp³-hybridized carbons (Fsp3) is 0.538. The average molecular weight is 240 g/mol. The van der Waals surface area contributed by atoms with E-state index in [0.29, 0.717) is 12.6 Å². The van der Waals surface area contributed by atoms with Crippen LogP contribution in [0, 0.1) is 0 Å². The number of hydrogen-bond acceptors (Lipinski definition) is 2. The second-order valence-corrected chi connectivity index (χ2v) is 5.54. The maximum Gasteiger partial charge on any atom is 0.0976 e. The number of ether oxygens (including phenoxy) is 1. The minimum atomic E-state index is 0.0501. The lowest BCUT2D eigenvalue weighted by Crippen LogP contribution is -2.55. The van der Waals surface area contributed by atoms with Gasteiger partial charge in [0.25, 0.3) is 0 Å². The van der Waals surface area contributed by atoms with Crippen LogP contribution in [0.2, 0.25) is 5.02 Å². The quantitative estimate of drug-likeness (QED) is 0.813. The van der Waals surface area contributed by atoms with Crippen molar-refractivity contribution in [3.05, 3.63) is 34.9 Å². The summed E-state index contributed by atoms with van der Waals surface area (Å²) in [7, 11) is 0. The van der Waals surface area contributed by atoms with Gasteiger partial charge in [-0.2, -0.15) is 0 Å². The molecule has 1 fully saturated rings. The largest absolute Gasteiger partial charge is 0.370 e. The van der Waals surface area contributed by atoms with Gasteiger partial charge in [-0.3, -0.25) is 0 Å². The Morgan fingerprint density at radius 3 is 2.81 bits per heavy atom. The maximum absolute atomic E-state index is 5.99. The average Bonchev–Trinajstić information content (AvgIpc) is 2.15. The molecule has 88 valence electrons. The number of benzene rings is 1. The van der Waals surface area contributed by atoms with Crippen molar-refractivity contribution in [1.82, 2.24) is 5.32 Å². The van der Waals surface area contributed by atoms with Crippen LogP contribution in [-0.4, -0.2) is 18.2 Å². The van der Waals surface area contributed by atoms with Crippen molar-refractivity contribution < 1.29 is 4.74 Å². The van der Waals surface area contributed by atoms with E-state index in [4.69, 9.17) is 16.3 Å². The van der Waals surface area contributed by atoms with Crippen LogP contribution in [0.15, 0.2) is 24.3 Å². The van der Waals surface area contributed by atoms with Crippen molar-refractivity contribution in [3.8, 4) is 0 Å². The molecule has 1 N–H and O–H groups in total. The lowest BCUT2D eigenvalue weighted by atomic mass is 9.96. The molecule has 16 heavy (non-hydrogen) atoms. The van der Waals surface area contributed by atoms with Crippen molar-refractivity contribution in [2.24, 2.45) is 0 Å². The molecule has 0 aromatic heterocycles. The summed E-state index contributed by atoms with van der Waals surface area (Å²) in [6.07, 6.45) is 0.0896. The highest BCUT2D eigenvalue weighted by atomic mass is 35.5. The van der Waals surface area contributed by atoms with Gasteiger partial charge in [0.05, 0.1) is 12.7 Å². The molecule has 0 saturated carbocycles. The Morgan fingerprint density at radius 1 is 1.44 bits per heavy atom. The molecule has 1 aliphatic rings. The Bertz CT molecular complexity index is 378. The summed E-state index contributed by atoms with van der Waals surface area (Å²) >= 11 is 5.99. The van der Waals surface area contributed by atoms with Crippen LogP contribution in [0.5, 0.6) is 0 Å². The molecular formula is C13H18ClNO. The lowest BCUT2D eigenvalue weighted by molar-refractivity contribution is -0.0495. The van der Waals surface area contributed by atoms with Crippen LogP contribution in [0.1, 0.15) is 32.4 Å². The highest BCUT2D eigenvalue weighted by Gasteiger charge is 2.33. The van der Waals surface area contributed by atoms with Crippen LogP contribution in [0.3, 0.4) is 0 Å². The van der Waals surface area contributed by atoms with Crippen LogP contribution < -0.4 is 5.32 Å². The van der Waals surface area contributed by atoms with E-state index in [-0.39, 0.29) is 11.6 Å². The molecule has 2 nitrogen and oxygen atoms in total. The monoisotopic (exact) mass is 239 g/mol. The molecule has 0 amide bonds. The maximum atomic E-state index is 5.99. The topological polar surface area (TPSA) is 21.3 Å². The number of nitrogens with one attached hydrogen (secondary N) is 1. The van der Waals surface area contributed by atoms with Crippen molar-refractivity contribution in [2.45, 2.75) is 38.5 Å². The van der Waals surface area contributed by atoms with Crippen molar-refractivity contribution in [1.29, 1.82) is 0 Å². The second-order valence-electron chi connectivity index (χ2n) is 5.10. The molecule has 0 aliphatic carbocycles. The summed E-state index contributed by atoms with van der Waals surface area (Å²) in [6.45, 7) is 7.16. The Hall–Kier alpha value is -0.570. The minimum Gasteiger partial charge on any atom is -0.370 e. The number of morpholine rings is 1. The van der Waals surface area contributed by atoms with E-state index in [0.717, 1.165) is 10.6 Å². The molecule has 0 spiro atoms. The molecule has 0 bridgehead atoms. The zero-order chi connectivity index (χ0) is 11.8. The van der Waals surface area contributed by atoms with E-state index in [1.54, 1.807) is 0 Å². The van der Waals surface area contributed by atoms with Gasteiger partial charge in [-0.25, -0.2) is 0 Å². The van der Waals surface area contributed by atoms with Gasteiger partial charge >= 0.3 is 0 Å². The first-order chi connectivity index (χ1) is 7.48. The smallest absolute Gasteiger partial charge is 0.0976 e. The summed E-state index contributed by atoms with van der Waals surface area (Å²) in [6, 6.07) is 8.18. The van der Waals surface area contributed by atoms with Crippen LogP contribution in [0.25, 0.3) is 0 Å². The highest BCUT2D eigenvalue weighted by molar-refractivity contribution is 6.30. The van der Waals surface area contributed by atoms with Gasteiger partial charge in [-0.1, -0.05) is 23.7 Å². The van der Waals surface area contributed by atoms with Gasteiger partial charge in [0.2, 0.25) is 0 Å². The predicted molar refractivity (Wildman–Crippen MR) is 66.8 cm³/mol. The van der Waals surface area contributed by atoms with E-state index < -0.39 is 0 Å². The Balaban J connectivity index is 2.17. The third-order valence-electron chi connectivity index (χ3n) is 2.87. The van der Waals surface area contributed by atoms with Gasteiger partial charge < -0.3 is 10.1 Å². The zero-order valence-electron chi connectivity index (χ0n) is 9.96. The van der Waals surface area contributed by atoms with E-state index >= 15 is 0 Å². The third-order valence-corrected chi connectivity index (χ3v) is 3.11. The number of halogens is 1. The fourth-order valence-electron chi connectivity index (χ4n) is 2.24. The Morgan fingerprint density at radius 2 is 2.19 bits per heavy atom. The van der Waals surface area contributed by atoms with Crippen LogP contribution in [0.4, 0.5) is 0 Å². The molecule has 1 heterocycles. The second kappa shape index (κ2) is 4.36. The van der Waals surface area contributed by atoms with Gasteiger partial charge in [0.1, 0.15) is 0 Å². The predicted octanol–water partition coefficient (Wildman–Crippen LogP) is 3.17. The van der Waals surface area contributed by atoms with E-state index in [1.807, 2.05) is 18.2 Å². The summed E-state index contributed by atoms with van der Waals surface area (Å²) < 4.78 is 5.93. The molecule has 0 radical (unpaired) electrons. The molecule has 1 aromatic rings. The van der Waals surface area contributed by atoms with E-state index in [9.17, 15) is 0 Å². The number of hydrogen-bond donors (Lipinski definition) is 1. The molecule has 1 aromatic carbocycles. The fourth-order valence-corrected chi connectivity index (χ4v) is 2.44. The van der Waals surface area contributed by atoms with Crippen LogP contribution >= 0.6 is 11.6 Å². The molecule has 2 unspecified atom stereocenters. The molecule has 2 atom stereocenters. The summed E-state index contributed by atoms with van der Waals surface area (Å²) in [5.41, 5.74) is 1.19. The van der Waals surface area contributed by atoms with Crippen molar-refractivity contribution >= 4 is 11.6 Å². The van der Waals surface area contributed by atoms with Gasteiger partial charge in [0.15, 0.2) is 0 Å². The first kappa shape index (κ1) is 11.9. The normalized spacial score (nSPS) is 29.0. The molecule has 3 heteroatoms. The van der Waals surface area contributed by atoms with Crippen LogP contribution in [-0.2, 0) is 4.74 Å². The third kappa shape index (κ3) is 2.57. The Labute approximate surface area is 102 Å². The van der Waals surface area contributed by atoms with Gasteiger partial charge in [0, 0.05) is 16.6 Å². The van der Waals surface area contributed by atoms with E-state index in [1.165, 1.54) is 0 Å². The lowest BCUT2D eigenvalue weighted by Gasteiger charge is -2.41. The Kier molecular flexibility index (Phi) is 3.24. The standard InChI is InChI=1S/C13H18ClNO/c1-9-12(16-8-13(2,3)15-9)10-5-4-6-11(14)7-10/h4-7,9,12,15H,8H2,1-3H3. The molecule has 2 rings (SSSR count). The first-order valence-electron chi connectivity index (χ1n) is 5.63. The molecular weight excluding hydrogens is 222 g/mol. The molecule has 1 aliphatic heterocycles. The highest BCUT2D eigenvalue weighted by Crippen LogP contribution is 2.29. The van der Waals surface area contributed by atoms with Crippen molar-refractivity contribution in [3.63, 3.8) is 0 Å². The first-order valence-corrected chi connectivity index (χ1v) is 6.00. The number of rotatable bonds is 1. The van der Waals surface area contributed by atoms with Gasteiger partial charge in [-0.15, -0.1) is 0 Å². The summed E-state index contributed by atoms with van der Waals surface area (Å²) in [5.74, 6) is 0. The summed E-state index contributed by atoms with van der Waals surface area (Å²) in [4.78, 5) is 0.